The highest BCUT2D eigenvalue weighted by Crippen LogP contribution is 2.30. The summed E-state index contributed by atoms with van der Waals surface area (Å²) < 4.78 is 29.9. The smallest absolute Gasteiger partial charge is 0.326 e. The fraction of sp³-hybridized carbons (Fsp3) is 0.237. The van der Waals surface area contributed by atoms with E-state index in [1.54, 1.807) is 61.5 Å². The van der Waals surface area contributed by atoms with Crippen molar-refractivity contribution in [3.8, 4) is 0 Å². The highest BCUT2D eigenvalue weighted by molar-refractivity contribution is 7.92. The van der Waals surface area contributed by atoms with Crippen LogP contribution >= 0.6 is 0 Å². The van der Waals surface area contributed by atoms with Crippen molar-refractivity contribution in [3.05, 3.63) is 125 Å². The van der Waals surface area contributed by atoms with Gasteiger partial charge in [0.15, 0.2) is 0 Å². The van der Waals surface area contributed by atoms with Gasteiger partial charge in [-0.15, -0.1) is 0 Å². The number of aliphatic carboxylic acids is 1. The van der Waals surface area contributed by atoms with Gasteiger partial charge in [-0.3, -0.25) is 19.2 Å². The molecule has 0 radical (unpaired) electrons. The molecule has 1 aliphatic rings. The maximum Gasteiger partial charge on any atom is 0.326 e. The molecule has 3 amide bonds. The summed E-state index contributed by atoms with van der Waals surface area (Å²) in [6.07, 6.45) is 6.43. The average Bonchev–Trinajstić information content (AvgIpc) is 3.08. The third-order valence-electron chi connectivity index (χ3n) is 8.21. The van der Waals surface area contributed by atoms with E-state index in [0.29, 0.717) is 28.1 Å². The molecule has 11 heteroatoms. The molecule has 0 heterocycles. The summed E-state index contributed by atoms with van der Waals surface area (Å²) in [6, 6.07) is 25.7. The third kappa shape index (κ3) is 9.35. The second-order valence-corrected chi connectivity index (χ2v) is 13.8. The van der Waals surface area contributed by atoms with Crippen LogP contribution in [0.15, 0.2) is 102 Å². The predicted octanol–water partition coefficient (Wildman–Crippen LogP) is 7.50. The monoisotopic (exact) mass is 680 g/mol. The third-order valence-corrected chi connectivity index (χ3v) is 9.63. The van der Waals surface area contributed by atoms with E-state index in [-0.39, 0.29) is 30.1 Å². The molecule has 0 saturated carbocycles. The van der Waals surface area contributed by atoms with Gasteiger partial charge in [0.2, 0.25) is 0 Å². The first-order valence-electron chi connectivity index (χ1n) is 16.2. The quantitative estimate of drug-likeness (QED) is 0.122. The largest absolute Gasteiger partial charge is 0.481 e. The molecule has 10 nitrogen and oxygen atoms in total. The summed E-state index contributed by atoms with van der Waals surface area (Å²) in [5.74, 6) is -1.40. The number of hydrogen-bond acceptors (Lipinski definition) is 5. The summed E-state index contributed by atoms with van der Waals surface area (Å²) in [5.41, 5.74) is 6.18. The number of carboxylic acids is 1. The summed E-state index contributed by atoms with van der Waals surface area (Å²) >= 11 is 0. The van der Waals surface area contributed by atoms with Crippen molar-refractivity contribution in [1.29, 1.82) is 0 Å². The van der Waals surface area contributed by atoms with E-state index in [2.05, 4.69) is 21.4 Å². The van der Waals surface area contributed by atoms with Crippen molar-refractivity contribution in [2.75, 3.05) is 21.5 Å². The van der Waals surface area contributed by atoms with Crippen molar-refractivity contribution in [3.63, 3.8) is 0 Å². The number of urea groups is 1. The Balaban J connectivity index is 1.42. The first kappa shape index (κ1) is 34.9. The molecule has 0 spiro atoms. The number of carbonyl (C=O) groups excluding carboxylic acids is 2. The number of benzene rings is 4. The molecule has 4 N–H and O–H groups in total. The average molecular weight is 681 g/mol. The van der Waals surface area contributed by atoms with Gasteiger partial charge in [-0.1, -0.05) is 48.5 Å². The van der Waals surface area contributed by atoms with Crippen LogP contribution < -0.4 is 20.3 Å². The predicted molar refractivity (Wildman–Crippen MR) is 192 cm³/mol. The minimum absolute atomic E-state index is 0.00793. The molecule has 254 valence electrons. The second-order valence-electron chi connectivity index (χ2n) is 12.1. The van der Waals surface area contributed by atoms with Crippen molar-refractivity contribution >= 4 is 50.6 Å². The molecule has 4 aromatic carbocycles. The van der Waals surface area contributed by atoms with Crippen LogP contribution in [0.25, 0.3) is 5.57 Å². The van der Waals surface area contributed by atoms with Crippen LogP contribution in [0.4, 0.5) is 21.9 Å². The molecular weight excluding hydrogens is 641 g/mol. The lowest BCUT2D eigenvalue weighted by atomic mass is 9.93. The zero-order valence-electron chi connectivity index (χ0n) is 27.5. The number of rotatable bonds is 12. The van der Waals surface area contributed by atoms with Gasteiger partial charge in [-0.05, 0) is 116 Å². The van der Waals surface area contributed by atoms with E-state index in [1.165, 1.54) is 23.0 Å². The van der Waals surface area contributed by atoms with Gasteiger partial charge in [0, 0.05) is 23.5 Å². The van der Waals surface area contributed by atoms with Crippen molar-refractivity contribution in [2.45, 2.75) is 57.4 Å². The molecule has 49 heavy (non-hydrogen) atoms. The van der Waals surface area contributed by atoms with Crippen LogP contribution in [0.3, 0.4) is 0 Å². The van der Waals surface area contributed by atoms with E-state index in [4.69, 9.17) is 5.11 Å². The summed E-state index contributed by atoms with van der Waals surface area (Å²) in [7, 11) is -4.08. The Bertz CT molecular complexity index is 1970. The minimum Gasteiger partial charge on any atom is -0.481 e. The van der Waals surface area contributed by atoms with Crippen molar-refractivity contribution < 1.29 is 27.9 Å². The van der Waals surface area contributed by atoms with Crippen LogP contribution in [-0.4, -0.2) is 38.0 Å². The molecule has 0 bridgehead atoms. The minimum atomic E-state index is -4.08. The second kappa shape index (κ2) is 15.7. The van der Waals surface area contributed by atoms with E-state index >= 15 is 0 Å². The van der Waals surface area contributed by atoms with Crippen LogP contribution in [0.1, 0.15) is 64.7 Å². The lowest BCUT2D eigenvalue weighted by Gasteiger charge is -2.25. The Morgan fingerprint density at radius 1 is 0.857 bits per heavy atom. The SMILES string of the molecule is Cc1cccc(NS(=O)(=O)c2cc(C)ccc2NC(=O)N(Cc2ccc(C(=O)NCCC(=O)O)cc2)c2ccc(C3=CCCCC3)cc2)c1. The molecular formula is C38H40N4O6S. The van der Waals surface area contributed by atoms with Gasteiger partial charge >= 0.3 is 12.0 Å². The summed E-state index contributed by atoms with van der Waals surface area (Å²) in [6.45, 7) is 3.77. The fourth-order valence-electron chi connectivity index (χ4n) is 5.62. The Kier molecular flexibility index (Phi) is 11.1. The Morgan fingerprint density at radius 3 is 2.27 bits per heavy atom. The number of nitrogens with zero attached hydrogens (tertiary/aromatic N) is 1. The van der Waals surface area contributed by atoms with E-state index < -0.39 is 27.9 Å². The maximum absolute atomic E-state index is 14.1. The van der Waals surface area contributed by atoms with Crippen LogP contribution in [0.2, 0.25) is 0 Å². The molecule has 0 saturated heterocycles. The summed E-state index contributed by atoms with van der Waals surface area (Å²) in [4.78, 5) is 38.8. The zero-order chi connectivity index (χ0) is 35.0. The van der Waals surface area contributed by atoms with Crippen LogP contribution in [0.5, 0.6) is 0 Å². The number of carbonyl (C=O) groups is 3. The lowest BCUT2D eigenvalue weighted by molar-refractivity contribution is -0.136. The fourth-order valence-corrected chi connectivity index (χ4v) is 6.92. The number of hydrogen-bond donors (Lipinski definition) is 4. The van der Waals surface area contributed by atoms with Gasteiger partial charge < -0.3 is 15.7 Å². The van der Waals surface area contributed by atoms with Crippen molar-refractivity contribution in [2.24, 2.45) is 0 Å². The topological polar surface area (TPSA) is 145 Å². The summed E-state index contributed by atoms with van der Waals surface area (Å²) in [5, 5.41) is 14.3. The normalized spacial score (nSPS) is 12.8. The maximum atomic E-state index is 14.1. The number of sulfonamides is 1. The molecule has 0 atom stereocenters. The number of amides is 3. The first-order chi connectivity index (χ1) is 23.5. The van der Waals surface area contributed by atoms with Crippen molar-refractivity contribution in [1.82, 2.24) is 5.32 Å². The number of allylic oxidation sites excluding steroid dienone is 2. The van der Waals surface area contributed by atoms with Gasteiger partial charge in [-0.25, -0.2) is 13.2 Å². The van der Waals surface area contributed by atoms with E-state index in [0.717, 1.165) is 30.4 Å². The Labute approximate surface area is 286 Å². The first-order valence-corrected chi connectivity index (χ1v) is 17.6. The number of nitrogens with one attached hydrogen (secondary N) is 3. The number of carboxylic acid groups (broad SMARTS) is 1. The molecule has 0 unspecified atom stereocenters. The molecule has 1 aliphatic carbocycles. The highest BCUT2D eigenvalue weighted by Gasteiger charge is 2.24. The molecule has 0 aliphatic heterocycles. The van der Waals surface area contributed by atoms with Gasteiger partial charge in [0.1, 0.15) is 4.90 Å². The molecule has 0 fully saturated rings. The van der Waals surface area contributed by atoms with Gasteiger partial charge in [-0.2, -0.15) is 0 Å². The molecule has 0 aromatic heterocycles. The van der Waals surface area contributed by atoms with E-state index in [9.17, 15) is 22.8 Å². The standard InChI is InChI=1S/C38H40N4O6S/c1-26-7-6-10-32(23-26)41-49(47,48)35-24-27(2)11-20-34(35)40-38(46)42(33-18-16-30(17-19-33)29-8-4-3-5-9-29)25-28-12-14-31(15-13-28)37(45)39-22-21-36(43)44/h6-8,10-20,23-24,41H,3-5,9,21-22,25H2,1-2H3,(H,39,45)(H,40,46)(H,43,44). The Morgan fingerprint density at radius 2 is 1.59 bits per heavy atom. The molecule has 5 rings (SSSR count). The number of anilines is 3. The van der Waals surface area contributed by atoms with E-state index in [1.807, 2.05) is 37.3 Å². The highest BCUT2D eigenvalue weighted by atomic mass is 32.2. The molecule has 4 aromatic rings. The van der Waals surface area contributed by atoms with Gasteiger partial charge in [0.25, 0.3) is 15.9 Å². The zero-order valence-corrected chi connectivity index (χ0v) is 28.3. The van der Waals surface area contributed by atoms with Crippen LogP contribution in [0, 0.1) is 13.8 Å². The lowest BCUT2D eigenvalue weighted by Crippen LogP contribution is -2.35. The van der Waals surface area contributed by atoms with Gasteiger partial charge in [0.05, 0.1) is 18.7 Å². The van der Waals surface area contributed by atoms with Crippen LogP contribution in [-0.2, 0) is 21.4 Å². The Hall–Kier alpha value is -5.42. The number of aryl methyl sites for hydroxylation is 2.